The van der Waals surface area contributed by atoms with E-state index in [9.17, 15) is 9.59 Å². The van der Waals surface area contributed by atoms with Crippen molar-refractivity contribution in [2.45, 2.75) is 32.1 Å². The molecule has 1 N–H and O–H groups in total. The summed E-state index contributed by atoms with van der Waals surface area (Å²) in [7, 11) is 0. The fourth-order valence-corrected chi connectivity index (χ4v) is 3.44. The van der Waals surface area contributed by atoms with E-state index < -0.39 is 5.97 Å². The van der Waals surface area contributed by atoms with Gasteiger partial charge in [0, 0.05) is 19.0 Å². The molecule has 1 aliphatic heterocycles. The molecular formula is C17H21NO3. The molecule has 2 unspecified atom stereocenters. The Morgan fingerprint density at radius 2 is 2.00 bits per heavy atom. The van der Waals surface area contributed by atoms with Crippen LogP contribution in [-0.4, -0.2) is 35.0 Å². The zero-order valence-corrected chi connectivity index (χ0v) is 12.3. The average molecular weight is 287 g/mol. The zero-order valence-electron chi connectivity index (χ0n) is 12.3. The molecule has 1 fully saturated rings. The van der Waals surface area contributed by atoms with E-state index in [1.165, 1.54) is 11.1 Å². The number of rotatable bonds is 3. The summed E-state index contributed by atoms with van der Waals surface area (Å²) < 4.78 is 0. The molecular weight excluding hydrogens is 266 g/mol. The number of aliphatic carboxylic acids is 1. The first-order chi connectivity index (χ1) is 10.1. The molecule has 1 amide bonds. The number of benzene rings is 1. The van der Waals surface area contributed by atoms with Crippen LogP contribution in [0.5, 0.6) is 0 Å². The summed E-state index contributed by atoms with van der Waals surface area (Å²) in [5.41, 5.74) is 2.46. The molecule has 21 heavy (non-hydrogen) atoms. The molecule has 4 nitrogen and oxygen atoms in total. The molecule has 3 rings (SSSR count). The molecule has 0 saturated carbocycles. The van der Waals surface area contributed by atoms with E-state index in [1.807, 2.05) is 17.0 Å². The van der Waals surface area contributed by atoms with Gasteiger partial charge in [-0.05, 0) is 30.4 Å². The lowest BCUT2D eigenvalue weighted by Gasteiger charge is -2.43. The monoisotopic (exact) mass is 287 g/mol. The summed E-state index contributed by atoms with van der Waals surface area (Å²) in [6, 6.07) is 8.20. The first-order valence-electron chi connectivity index (χ1n) is 7.67. The second-order valence-corrected chi connectivity index (χ2v) is 6.27. The maximum atomic E-state index is 12.7. The van der Waals surface area contributed by atoms with E-state index in [0.29, 0.717) is 13.1 Å². The van der Waals surface area contributed by atoms with Crippen LogP contribution in [0.1, 0.15) is 36.8 Å². The molecule has 0 radical (unpaired) electrons. The minimum Gasteiger partial charge on any atom is -0.481 e. The van der Waals surface area contributed by atoms with Crippen LogP contribution in [-0.2, 0) is 16.0 Å². The lowest BCUT2D eigenvalue weighted by atomic mass is 9.80. The quantitative estimate of drug-likeness (QED) is 0.928. The summed E-state index contributed by atoms with van der Waals surface area (Å²) in [6.45, 7) is 2.90. The van der Waals surface area contributed by atoms with Gasteiger partial charge in [0.1, 0.15) is 0 Å². The third-order valence-electron chi connectivity index (χ3n) is 4.99. The Hall–Kier alpha value is -1.84. The molecule has 1 saturated heterocycles. The summed E-state index contributed by atoms with van der Waals surface area (Å²) in [5.74, 6) is -0.889. The van der Waals surface area contributed by atoms with Gasteiger partial charge in [-0.1, -0.05) is 31.2 Å². The van der Waals surface area contributed by atoms with Gasteiger partial charge in [-0.25, -0.2) is 0 Å². The molecule has 0 aromatic heterocycles. The Bertz CT molecular complexity index is 563. The SMILES string of the molecule is CC(C(=O)O)C1CN(C(=O)C2CCCc3ccccc32)C1. The molecule has 1 aromatic rings. The molecule has 1 aliphatic carbocycles. The molecule has 0 bridgehead atoms. The number of amides is 1. The third kappa shape index (κ3) is 2.55. The molecule has 0 spiro atoms. The number of aryl methyl sites for hydroxylation is 1. The number of hydrogen-bond donors (Lipinski definition) is 1. The lowest BCUT2D eigenvalue weighted by Crippen LogP contribution is -2.54. The predicted molar refractivity (Wildman–Crippen MR) is 79.0 cm³/mol. The van der Waals surface area contributed by atoms with E-state index in [-0.39, 0.29) is 23.7 Å². The smallest absolute Gasteiger partial charge is 0.306 e. The standard InChI is InChI=1S/C17H21NO3/c1-11(17(20)21)13-9-18(10-13)16(19)15-8-4-6-12-5-2-3-7-14(12)15/h2-3,5,7,11,13,15H,4,6,8-10H2,1H3,(H,20,21). The number of likely N-dealkylation sites (tertiary alicyclic amines) is 1. The van der Waals surface area contributed by atoms with Crippen LogP contribution in [0.15, 0.2) is 24.3 Å². The van der Waals surface area contributed by atoms with Crippen molar-refractivity contribution in [2.24, 2.45) is 11.8 Å². The number of nitrogens with zero attached hydrogens (tertiary/aromatic N) is 1. The van der Waals surface area contributed by atoms with Crippen LogP contribution >= 0.6 is 0 Å². The van der Waals surface area contributed by atoms with E-state index in [4.69, 9.17) is 5.11 Å². The Kier molecular flexibility index (Phi) is 3.70. The van der Waals surface area contributed by atoms with E-state index in [2.05, 4.69) is 12.1 Å². The second-order valence-electron chi connectivity index (χ2n) is 6.27. The Balaban J connectivity index is 1.67. The molecule has 1 heterocycles. The van der Waals surface area contributed by atoms with Crippen molar-refractivity contribution >= 4 is 11.9 Å². The maximum absolute atomic E-state index is 12.7. The van der Waals surface area contributed by atoms with Gasteiger partial charge in [0.05, 0.1) is 11.8 Å². The fourth-order valence-electron chi connectivity index (χ4n) is 3.44. The van der Waals surface area contributed by atoms with Crippen molar-refractivity contribution in [3.63, 3.8) is 0 Å². The highest BCUT2D eigenvalue weighted by Gasteiger charge is 2.40. The number of fused-ring (bicyclic) bond motifs is 1. The van der Waals surface area contributed by atoms with E-state index in [1.54, 1.807) is 6.92 Å². The van der Waals surface area contributed by atoms with E-state index in [0.717, 1.165) is 19.3 Å². The zero-order chi connectivity index (χ0) is 15.0. The fraction of sp³-hybridized carbons (Fsp3) is 0.529. The molecule has 1 aromatic carbocycles. The first kappa shape index (κ1) is 14.1. The summed E-state index contributed by atoms with van der Waals surface area (Å²) in [6.07, 6.45) is 3.01. The number of hydrogen-bond acceptors (Lipinski definition) is 2. The van der Waals surface area contributed by atoms with Crippen LogP contribution in [0.4, 0.5) is 0 Å². The number of carboxylic acid groups (broad SMARTS) is 1. The Morgan fingerprint density at radius 3 is 2.71 bits per heavy atom. The number of carbonyl (C=O) groups excluding carboxylic acids is 1. The van der Waals surface area contributed by atoms with Crippen molar-refractivity contribution in [1.82, 2.24) is 4.90 Å². The normalized spacial score (nSPS) is 23.1. The van der Waals surface area contributed by atoms with Gasteiger partial charge in [0.25, 0.3) is 0 Å². The predicted octanol–water partition coefficient (Wildman–Crippen LogP) is 2.29. The molecule has 2 aliphatic rings. The van der Waals surface area contributed by atoms with Gasteiger partial charge in [-0.15, -0.1) is 0 Å². The average Bonchev–Trinajstić information content (AvgIpc) is 2.44. The molecule has 4 heteroatoms. The first-order valence-corrected chi connectivity index (χ1v) is 7.67. The van der Waals surface area contributed by atoms with Crippen molar-refractivity contribution in [1.29, 1.82) is 0 Å². The van der Waals surface area contributed by atoms with Crippen LogP contribution in [0, 0.1) is 11.8 Å². The maximum Gasteiger partial charge on any atom is 0.306 e. The summed E-state index contributed by atoms with van der Waals surface area (Å²) >= 11 is 0. The van der Waals surface area contributed by atoms with Crippen molar-refractivity contribution in [2.75, 3.05) is 13.1 Å². The van der Waals surface area contributed by atoms with Crippen molar-refractivity contribution in [3.05, 3.63) is 35.4 Å². The Morgan fingerprint density at radius 1 is 1.29 bits per heavy atom. The van der Waals surface area contributed by atoms with Gasteiger partial charge < -0.3 is 10.0 Å². The van der Waals surface area contributed by atoms with Crippen LogP contribution in [0.3, 0.4) is 0 Å². The van der Waals surface area contributed by atoms with Gasteiger partial charge in [-0.3, -0.25) is 9.59 Å². The highest BCUT2D eigenvalue weighted by atomic mass is 16.4. The van der Waals surface area contributed by atoms with Gasteiger partial charge >= 0.3 is 5.97 Å². The van der Waals surface area contributed by atoms with Crippen LogP contribution in [0.2, 0.25) is 0 Å². The second kappa shape index (κ2) is 5.51. The van der Waals surface area contributed by atoms with E-state index >= 15 is 0 Å². The Labute approximate surface area is 124 Å². The number of carbonyl (C=O) groups is 2. The van der Waals surface area contributed by atoms with Crippen LogP contribution in [0.25, 0.3) is 0 Å². The molecule has 112 valence electrons. The lowest BCUT2D eigenvalue weighted by molar-refractivity contribution is -0.151. The minimum atomic E-state index is -0.768. The molecule has 2 atom stereocenters. The number of carboxylic acids is 1. The van der Waals surface area contributed by atoms with Crippen LogP contribution < -0.4 is 0 Å². The van der Waals surface area contributed by atoms with Gasteiger partial charge in [0.15, 0.2) is 0 Å². The third-order valence-corrected chi connectivity index (χ3v) is 4.99. The highest BCUT2D eigenvalue weighted by molar-refractivity contribution is 5.85. The summed E-state index contributed by atoms with van der Waals surface area (Å²) in [4.78, 5) is 25.5. The van der Waals surface area contributed by atoms with Gasteiger partial charge in [-0.2, -0.15) is 0 Å². The summed E-state index contributed by atoms with van der Waals surface area (Å²) in [5, 5.41) is 9.02. The van der Waals surface area contributed by atoms with Crippen molar-refractivity contribution in [3.8, 4) is 0 Å². The van der Waals surface area contributed by atoms with Crippen molar-refractivity contribution < 1.29 is 14.7 Å². The largest absolute Gasteiger partial charge is 0.481 e. The minimum absolute atomic E-state index is 0.0314. The topological polar surface area (TPSA) is 57.6 Å². The van der Waals surface area contributed by atoms with Gasteiger partial charge in [0.2, 0.25) is 5.91 Å². The highest BCUT2D eigenvalue weighted by Crippen LogP contribution is 2.35.